The predicted molar refractivity (Wildman–Crippen MR) is 134 cm³/mol. The fraction of sp³-hybridized carbons (Fsp3) is 0.571. The van der Waals surface area contributed by atoms with Crippen LogP contribution >= 0.6 is 46.5 Å². The van der Waals surface area contributed by atoms with Crippen molar-refractivity contribution >= 4 is 46.5 Å². The number of hydrogen-bond donors (Lipinski definition) is 11. The Kier molecular flexibility index (Phi) is 13.1. The molecule has 0 bridgehead atoms. The molecule has 29 heteroatoms. The third-order valence-electron chi connectivity index (χ3n) is 4.91. The Hall–Kier alpha value is -0.0800. The van der Waals surface area contributed by atoms with Gasteiger partial charge < -0.3 is 58.6 Å². The molecule has 0 saturated heterocycles. The lowest BCUT2D eigenvalue weighted by Crippen LogP contribution is -2.66. The van der Waals surface area contributed by atoms with E-state index in [-0.39, 0.29) is 5.56 Å². The van der Waals surface area contributed by atoms with Crippen LogP contribution in [0.1, 0.15) is 5.56 Å². The van der Waals surface area contributed by atoms with Gasteiger partial charge in [0, 0.05) is 0 Å². The molecule has 1 saturated carbocycles. The molecule has 1 aliphatic carbocycles. The van der Waals surface area contributed by atoms with Crippen molar-refractivity contribution in [2.75, 3.05) is 5.90 Å². The van der Waals surface area contributed by atoms with Crippen LogP contribution in [0, 0.1) is 0 Å². The fourth-order valence-corrected chi connectivity index (χ4v) is 8.75. The standard InChI is InChI=1S/C14H26O23P6/c15-38(16,17)7-39(18,19)33-12-13(36-42(26,27)28)10(34-40(20,21)22)9(32-6-8-4-2-1-3-5-8)11(35-41(23,24)25)14(12)37-43(29,30)31/h1-5,9-14H,6-7H2,(H,18,19)(H2,15,16,17)(H2,20,21,22)(H2,23,24,25)(H2,26,27,28)(H2,29,30,31)/t9?,10-,11+,12?,13-,14-/m1/s1. The average molecular weight is 748 g/mol. The fourth-order valence-electron chi connectivity index (χ4n) is 3.77. The summed E-state index contributed by atoms with van der Waals surface area (Å²) in [4.78, 5) is 104. The molecule has 2 rings (SSSR count). The third kappa shape index (κ3) is 14.5. The van der Waals surface area contributed by atoms with Crippen molar-refractivity contribution in [1.29, 1.82) is 0 Å². The lowest BCUT2D eigenvalue weighted by atomic mass is 9.85. The highest BCUT2D eigenvalue weighted by atomic mass is 31.2. The summed E-state index contributed by atoms with van der Waals surface area (Å²) < 4.78 is 99.3. The molecule has 11 N–H and O–H groups in total. The first kappa shape index (κ1) is 39.1. The summed E-state index contributed by atoms with van der Waals surface area (Å²) in [5, 5.41) is 0. The number of benzene rings is 1. The third-order valence-corrected chi connectivity index (χ3v) is 10.5. The first-order valence-electron chi connectivity index (χ1n) is 10.8. The Labute approximate surface area is 240 Å². The van der Waals surface area contributed by atoms with E-state index in [1.165, 1.54) is 30.3 Å². The van der Waals surface area contributed by atoms with Crippen LogP contribution in [0.15, 0.2) is 30.3 Å². The lowest BCUT2D eigenvalue weighted by Gasteiger charge is -2.48. The second-order valence-corrected chi connectivity index (χ2v) is 17.2. The molecule has 1 aliphatic rings. The van der Waals surface area contributed by atoms with E-state index in [4.69, 9.17) is 14.5 Å². The van der Waals surface area contributed by atoms with E-state index in [0.717, 1.165) is 0 Å². The van der Waals surface area contributed by atoms with Gasteiger partial charge in [0.25, 0.3) is 0 Å². The molecule has 1 aromatic carbocycles. The topological polar surface area (TPSA) is 380 Å². The summed E-state index contributed by atoms with van der Waals surface area (Å²) >= 11 is 0. The number of phosphoric acid groups is 4. The highest BCUT2D eigenvalue weighted by Crippen LogP contribution is 2.60. The van der Waals surface area contributed by atoms with Crippen molar-refractivity contribution in [3.05, 3.63) is 35.9 Å². The molecule has 0 aromatic heterocycles. The van der Waals surface area contributed by atoms with Crippen molar-refractivity contribution in [3.8, 4) is 0 Å². The number of ether oxygens (including phenoxy) is 1. The SMILES string of the molecule is O=P(O)(O)CP(=O)(O)OC1[C@H](OP(=O)(O)O)[C@H](OP(=O)(O)O)C(OCc2ccccc2)[C@H](OP(=O)(O)O)[C@H]1OP(=O)(O)O. The Morgan fingerprint density at radius 3 is 1.14 bits per heavy atom. The molecule has 250 valence electrons. The highest BCUT2D eigenvalue weighted by Gasteiger charge is 2.61. The minimum atomic E-state index is -5.96. The van der Waals surface area contributed by atoms with Crippen LogP contribution in [0.25, 0.3) is 0 Å². The summed E-state index contributed by atoms with van der Waals surface area (Å²) in [5.41, 5.74) is 0.215. The lowest BCUT2D eigenvalue weighted by molar-refractivity contribution is -0.219. The Balaban J connectivity index is 2.87. The van der Waals surface area contributed by atoms with E-state index in [9.17, 15) is 71.4 Å². The number of phosphoric ester groups is 4. The zero-order valence-corrected chi connectivity index (χ0v) is 26.1. The molecule has 1 aromatic rings. The van der Waals surface area contributed by atoms with Crippen LogP contribution in [-0.4, -0.2) is 96.4 Å². The van der Waals surface area contributed by atoms with Crippen LogP contribution < -0.4 is 0 Å². The molecule has 0 amide bonds. The van der Waals surface area contributed by atoms with E-state index < -0.39 is 95.6 Å². The molecule has 23 nitrogen and oxygen atoms in total. The maximum absolute atomic E-state index is 12.6. The zero-order valence-electron chi connectivity index (χ0n) is 20.8. The van der Waals surface area contributed by atoms with Crippen LogP contribution in [0.3, 0.4) is 0 Å². The summed E-state index contributed by atoms with van der Waals surface area (Å²) in [6, 6.07) is 7.20. The van der Waals surface area contributed by atoms with Gasteiger partial charge >= 0.3 is 46.5 Å². The van der Waals surface area contributed by atoms with Gasteiger partial charge in [-0.2, -0.15) is 0 Å². The normalized spacial score (nSPS) is 27.5. The summed E-state index contributed by atoms with van der Waals surface area (Å²) in [6.07, 6.45) is -16.9. The maximum Gasteiger partial charge on any atom is 0.470 e. The van der Waals surface area contributed by atoms with E-state index >= 15 is 0 Å². The van der Waals surface area contributed by atoms with Crippen LogP contribution in [0.4, 0.5) is 0 Å². The quantitative estimate of drug-likeness (QED) is 0.0978. The first-order valence-corrected chi connectivity index (χ1v) is 20.5. The molecule has 43 heavy (non-hydrogen) atoms. The van der Waals surface area contributed by atoms with Gasteiger partial charge in [0.1, 0.15) is 36.6 Å². The summed E-state index contributed by atoms with van der Waals surface area (Å²) in [7, 11) is -35.0. The molecule has 0 radical (unpaired) electrons. The molecule has 3 unspecified atom stereocenters. The van der Waals surface area contributed by atoms with Gasteiger partial charge in [-0.05, 0) is 5.56 Å². The van der Waals surface area contributed by atoms with E-state index in [1.54, 1.807) is 0 Å². The monoisotopic (exact) mass is 748 g/mol. The first-order chi connectivity index (χ1) is 19.1. The molecule has 0 spiro atoms. The van der Waals surface area contributed by atoms with Gasteiger partial charge in [0.2, 0.25) is 0 Å². The van der Waals surface area contributed by atoms with Crippen LogP contribution in [-0.2, 0) is 61.4 Å². The van der Waals surface area contributed by atoms with Gasteiger partial charge in [-0.25, -0.2) is 18.3 Å². The summed E-state index contributed by atoms with van der Waals surface area (Å²) in [6.45, 7) is -0.693. The second kappa shape index (κ2) is 14.4. The second-order valence-electron chi connectivity index (χ2n) is 8.52. The number of rotatable bonds is 15. The van der Waals surface area contributed by atoms with Crippen LogP contribution in [0.2, 0.25) is 0 Å². The Morgan fingerprint density at radius 1 is 0.488 bits per heavy atom. The van der Waals surface area contributed by atoms with Gasteiger partial charge in [0.05, 0.1) is 6.61 Å². The van der Waals surface area contributed by atoms with Crippen molar-refractivity contribution in [3.63, 3.8) is 0 Å². The molecule has 0 aliphatic heterocycles. The molecule has 7 atom stereocenters. The van der Waals surface area contributed by atoms with Crippen LogP contribution in [0.5, 0.6) is 0 Å². The predicted octanol–water partition coefficient (Wildman–Crippen LogP) is -0.797. The molecule has 1 fully saturated rings. The minimum absolute atomic E-state index is 0.215. The van der Waals surface area contributed by atoms with Gasteiger partial charge in [-0.15, -0.1) is 0 Å². The van der Waals surface area contributed by atoms with Gasteiger partial charge in [-0.1, -0.05) is 30.3 Å². The maximum atomic E-state index is 12.6. The molecular formula is C14H26O23P6. The van der Waals surface area contributed by atoms with E-state index in [2.05, 4.69) is 22.6 Å². The van der Waals surface area contributed by atoms with Gasteiger partial charge in [-0.3, -0.25) is 31.7 Å². The molecular weight excluding hydrogens is 722 g/mol. The Morgan fingerprint density at radius 2 is 0.814 bits per heavy atom. The van der Waals surface area contributed by atoms with Crippen molar-refractivity contribution in [1.82, 2.24) is 0 Å². The van der Waals surface area contributed by atoms with E-state index in [0.29, 0.717) is 0 Å². The van der Waals surface area contributed by atoms with E-state index in [1.807, 2.05) is 0 Å². The average Bonchev–Trinajstić information content (AvgIpc) is 2.74. The Bertz CT molecular complexity index is 1310. The van der Waals surface area contributed by atoms with Gasteiger partial charge in [0.15, 0.2) is 5.90 Å². The largest absolute Gasteiger partial charge is 0.470 e. The van der Waals surface area contributed by atoms with Crippen molar-refractivity contribution in [2.24, 2.45) is 0 Å². The highest BCUT2D eigenvalue weighted by molar-refractivity contribution is 7.70. The number of hydrogen-bond acceptors (Lipinski definition) is 12. The smallest absolute Gasteiger partial charge is 0.368 e. The molecule has 0 heterocycles. The summed E-state index contributed by atoms with van der Waals surface area (Å²) in [5.74, 6) is -2.07. The van der Waals surface area contributed by atoms with Crippen molar-refractivity contribution < 1.29 is 109 Å². The minimum Gasteiger partial charge on any atom is -0.368 e. The zero-order chi connectivity index (χ0) is 33.2. The van der Waals surface area contributed by atoms with Crippen molar-refractivity contribution in [2.45, 2.75) is 43.2 Å².